The van der Waals surface area contributed by atoms with Crippen molar-refractivity contribution in [1.29, 1.82) is 0 Å². The lowest BCUT2D eigenvalue weighted by Crippen LogP contribution is -2.49. The van der Waals surface area contributed by atoms with Crippen molar-refractivity contribution in [2.45, 2.75) is 46.0 Å². The summed E-state index contributed by atoms with van der Waals surface area (Å²) in [5.74, 6) is 3.23. The molecule has 0 atom stereocenters. The van der Waals surface area contributed by atoms with E-state index in [1.807, 2.05) is 11.0 Å². The molecule has 1 amide bonds. The standard InChI is InChI=1S/C24H35N5O/c1-4-27-13-15-28(16-14-27)22(30)11-12-29(17-18(2)3)24-20-7-5-6-8-21(20)25-23(26-24)19-9-10-19/h5-8,18-19H,4,9-17H2,1-3H3. The molecule has 0 bridgehead atoms. The van der Waals surface area contributed by atoms with E-state index in [0.717, 1.165) is 61.8 Å². The minimum atomic E-state index is 0.264. The highest BCUT2D eigenvalue weighted by Gasteiger charge is 2.29. The number of likely N-dealkylation sites (N-methyl/N-ethyl adjacent to an activating group) is 1. The monoisotopic (exact) mass is 409 g/mol. The zero-order valence-corrected chi connectivity index (χ0v) is 18.7. The van der Waals surface area contributed by atoms with Crippen LogP contribution in [0.3, 0.4) is 0 Å². The Morgan fingerprint density at radius 3 is 2.53 bits per heavy atom. The Morgan fingerprint density at radius 1 is 1.13 bits per heavy atom. The first kappa shape index (κ1) is 21.0. The number of fused-ring (bicyclic) bond motifs is 1. The fraction of sp³-hybridized carbons (Fsp3) is 0.625. The number of anilines is 1. The fourth-order valence-corrected chi connectivity index (χ4v) is 4.27. The second kappa shape index (κ2) is 9.29. The molecule has 0 spiro atoms. The maximum Gasteiger partial charge on any atom is 0.224 e. The van der Waals surface area contributed by atoms with Crippen molar-refractivity contribution in [3.63, 3.8) is 0 Å². The van der Waals surface area contributed by atoms with Crippen molar-refractivity contribution in [2.24, 2.45) is 5.92 Å². The zero-order chi connectivity index (χ0) is 21.1. The quantitative estimate of drug-likeness (QED) is 0.668. The van der Waals surface area contributed by atoms with E-state index in [4.69, 9.17) is 9.97 Å². The van der Waals surface area contributed by atoms with Crippen molar-refractivity contribution in [2.75, 3.05) is 50.7 Å². The number of piperazine rings is 1. The van der Waals surface area contributed by atoms with E-state index in [9.17, 15) is 4.79 Å². The van der Waals surface area contributed by atoms with E-state index < -0.39 is 0 Å². The van der Waals surface area contributed by atoms with E-state index in [1.165, 1.54) is 12.8 Å². The third-order valence-corrected chi connectivity index (χ3v) is 6.20. The molecule has 2 heterocycles. The number of carbonyl (C=O) groups is 1. The zero-order valence-electron chi connectivity index (χ0n) is 18.7. The molecule has 2 fully saturated rings. The number of carbonyl (C=O) groups excluding carboxylic acids is 1. The van der Waals surface area contributed by atoms with Crippen molar-refractivity contribution in [3.8, 4) is 0 Å². The van der Waals surface area contributed by atoms with E-state index in [-0.39, 0.29) is 5.91 Å². The molecule has 1 saturated heterocycles. The average molecular weight is 410 g/mol. The summed E-state index contributed by atoms with van der Waals surface area (Å²) in [7, 11) is 0. The van der Waals surface area contributed by atoms with E-state index in [2.05, 4.69) is 48.8 Å². The molecule has 1 aliphatic heterocycles. The summed E-state index contributed by atoms with van der Waals surface area (Å²) in [6.45, 7) is 13.0. The number of para-hydroxylation sites is 1. The molecule has 0 N–H and O–H groups in total. The largest absolute Gasteiger partial charge is 0.355 e. The van der Waals surface area contributed by atoms with Gasteiger partial charge in [0, 0.05) is 57.0 Å². The molecule has 1 aliphatic carbocycles. The Balaban J connectivity index is 1.52. The molecular formula is C24H35N5O. The Labute approximate surface area is 180 Å². The van der Waals surface area contributed by atoms with Gasteiger partial charge in [-0.3, -0.25) is 4.79 Å². The number of hydrogen-bond acceptors (Lipinski definition) is 5. The van der Waals surface area contributed by atoms with Gasteiger partial charge in [0.15, 0.2) is 0 Å². The molecule has 6 nitrogen and oxygen atoms in total. The second-order valence-corrected chi connectivity index (χ2v) is 9.10. The van der Waals surface area contributed by atoms with E-state index in [1.54, 1.807) is 0 Å². The summed E-state index contributed by atoms with van der Waals surface area (Å²) in [5, 5.41) is 1.09. The summed E-state index contributed by atoms with van der Waals surface area (Å²) in [5.41, 5.74) is 1.01. The Bertz CT molecular complexity index is 871. The third kappa shape index (κ3) is 4.91. The lowest BCUT2D eigenvalue weighted by molar-refractivity contribution is -0.132. The Kier molecular flexibility index (Phi) is 6.52. The highest BCUT2D eigenvalue weighted by molar-refractivity contribution is 5.90. The number of amides is 1. The summed E-state index contributed by atoms with van der Waals surface area (Å²) in [4.78, 5) is 29.5. The molecule has 2 aromatic rings. The van der Waals surface area contributed by atoms with Crippen molar-refractivity contribution < 1.29 is 4.79 Å². The second-order valence-electron chi connectivity index (χ2n) is 9.10. The Hall–Kier alpha value is -2.21. The van der Waals surface area contributed by atoms with Crippen LogP contribution in [0.1, 0.15) is 51.8 Å². The molecule has 0 radical (unpaired) electrons. The minimum Gasteiger partial charge on any atom is -0.355 e. The van der Waals surface area contributed by atoms with Gasteiger partial charge in [0.25, 0.3) is 0 Å². The topological polar surface area (TPSA) is 52.6 Å². The highest BCUT2D eigenvalue weighted by Crippen LogP contribution is 2.40. The van der Waals surface area contributed by atoms with Gasteiger partial charge in [0.2, 0.25) is 5.91 Å². The van der Waals surface area contributed by atoms with Crippen LogP contribution in [0.15, 0.2) is 24.3 Å². The van der Waals surface area contributed by atoms with Crippen molar-refractivity contribution in [1.82, 2.24) is 19.8 Å². The van der Waals surface area contributed by atoms with Crippen molar-refractivity contribution >= 4 is 22.6 Å². The lowest BCUT2D eigenvalue weighted by Gasteiger charge is -2.35. The number of aromatic nitrogens is 2. The van der Waals surface area contributed by atoms with E-state index >= 15 is 0 Å². The summed E-state index contributed by atoms with van der Waals surface area (Å²) in [6.07, 6.45) is 2.91. The third-order valence-electron chi connectivity index (χ3n) is 6.20. The van der Waals surface area contributed by atoms with Gasteiger partial charge in [-0.15, -0.1) is 0 Å². The minimum absolute atomic E-state index is 0.264. The smallest absolute Gasteiger partial charge is 0.224 e. The van der Waals surface area contributed by atoms with Gasteiger partial charge >= 0.3 is 0 Å². The first-order valence-electron chi connectivity index (χ1n) is 11.6. The van der Waals surface area contributed by atoms with Crippen molar-refractivity contribution in [3.05, 3.63) is 30.1 Å². The molecule has 1 saturated carbocycles. The summed E-state index contributed by atoms with van der Waals surface area (Å²) >= 11 is 0. The maximum atomic E-state index is 12.9. The summed E-state index contributed by atoms with van der Waals surface area (Å²) in [6, 6.07) is 8.29. The molecular weight excluding hydrogens is 374 g/mol. The van der Waals surface area contributed by atoms with Crippen LogP contribution in [0.2, 0.25) is 0 Å². The summed E-state index contributed by atoms with van der Waals surface area (Å²) < 4.78 is 0. The van der Waals surface area contributed by atoms with Crippen LogP contribution in [0.4, 0.5) is 5.82 Å². The van der Waals surface area contributed by atoms with Crippen LogP contribution in [0.5, 0.6) is 0 Å². The average Bonchev–Trinajstić information content (AvgIpc) is 3.61. The Morgan fingerprint density at radius 2 is 1.87 bits per heavy atom. The van der Waals surface area contributed by atoms with Gasteiger partial charge in [0.1, 0.15) is 11.6 Å². The first-order chi connectivity index (χ1) is 14.5. The van der Waals surface area contributed by atoms with Gasteiger partial charge < -0.3 is 14.7 Å². The molecule has 30 heavy (non-hydrogen) atoms. The first-order valence-corrected chi connectivity index (χ1v) is 11.6. The number of rotatable bonds is 8. The lowest BCUT2D eigenvalue weighted by atomic mass is 10.1. The van der Waals surface area contributed by atoms with Gasteiger partial charge in [-0.1, -0.05) is 32.9 Å². The van der Waals surface area contributed by atoms with Gasteiger partial charge in [-0.2, -0.15) is 0 Å². The van der Waals surface area contributed by atoms with Gasteiger partial charge in [-0.25, -0.2) is 9.97 Å². The van der Waals surface area contributed by atoms with Crippen LogP contribution in [-0.2, 0) is 4.79 Å². The number of hydrogen-bond donors (Lipinski definition) is 0. The predicted molar refractivity (Wildman–Crippen MR) is 122 cm³/mol. The van der Waals surface area contributed by atoms with Crippen LogP contribution in [-0.4, -0.2) is 71.5 Å². The number of benzene rings is 1. The van der Waals surface area contributed by atoms with Crippen LogP contribution >= 0.6 is 0 Å². The van der Waals surface area contributed by atoms with Crippen LogP contribution < -0.4 is 4.90 Å². The molecule has 6 heteroatoms. The molecule has 4 rings (SSSR count). The normalized spacial score (nSPS) is 17.7. The fourth-order valence-electron chi connectivity index (χ4n) is 4.27. The SMILES string of the molecule is CCN1CCN(C(=O)CCN(CC(C)C)c2nc(C3CC3)nc3ccccc23)CC1. The molecule has 0 unspecified atom stereocenters. The molecule has 1 aromatic heterocycles. The molecule has 1 aromatic carbocycles. The predicted octanol–water partition coefficient (Wildman–Crippen LogP) is 3.52. The maximum absolute atomic E-state index is 12.9. The van der Waals surface area contributed by atoms with E-state index in [0.29, 0.717) is 24.8 Å². The molecule has 2 aliphatic rings. The number of nitrogens with zero attached hydrogens (tertiary/aromatic N) is 5. The van der Waals surface area contributed by atoms with Crippen LogP contribution in [0.25, 0.3) is 10.9 Å². The van der Waals surface area contributed by atoms with Gasteiger partial charge in [-0.05, 0) is 37.4 Å². The molecule has 162 valence electrons. The van der Waals surface area contributed by atoms with Crippen LogP contribution in [0, 0.1) is 5.92 Å². The highest BCUT2D eigenvalue weighted by atomic mass is 16.2. The van der Waals surface area contributed by atoms with Gasteiger partial charge in [0.05, 0.1) is 5.52 Å².